The van der Waals surface area contributed by atoms with E-state index in [1.807, 2.05) is 0 Å². The predicted molar refractivity (Wildman–Crippen MR) is 84.3 cm³/mol. The van der Waals surface area contributed by atoms with Crippen molar-refractivity contribution in [1.82, 2.24) is 0 Å². The van der Waals surface area contributed by atoms with Gasteiger partial charge < -0.3 is 11.1 Å². The highest BCUT2D eigenvalue weighted by Gasteiger charge is 2.28. The van der Waals surface area contributed by atoms with Gasteiger partial charge in [-0.2, -0.15) is 0 Å². The largest absolute Gasteiger partial charge is 0.328 e. The summed E-state index contributed by atoms with van der Waals surface area (Å²) in [5, 5.41) is 2.64. The quantitative estimate of drug-likeness (QED) is 0.793. The molecule has 1 aliphatic rings. The Morgan fingerprint density at radius 1 is 1.41 bits per heavy atom. The van der Waals surface area contributed by atoms with Crippen LogP contribution in [0, 0.1) is 11.7 Å². The number of benzene rings is 1. The van der Waals surface area contributed by atoms with E-state index in [4.69, 9.17) is 5.73 Å². The third-order valence-corrected chi connectivity index (χ3v) is 4.49. The van der Waals surface area contributed by atoms with Crippen LogP contribution in [0.4, 0.5) is 18.9 Å². The Hall–Kier alpha value is -0.920. The van der Waals surface area contributed by atoms with Crippen molar-refractivity contribution in [3.8, 4) is 0 Å². The van der Waals surface area contributed by atoms with E-state index in [1.54, 1.807) is 0 Å². The second kappa shape index (κ2) is 8.64. The van der Waals surface area contributed by atoms with E-state index in [1.165, 1.54) is 12.1 Å². The number of thioether (sulfide) groups is 1. The number of hydrogen-bond donors (Lipinski definition) is 2. The second-order valence-corrected chi connectivity index (χ2v) is 6.16. The number of rotatable bonds is 5. The van der Waals surface area contributed by atoms with E-state index in [2.05, 4.69) is 5.32 Å². The molecule has 1 amide bonds. The topological polar surface area (TPSA) is 55.1 Å². The van der Waals surface area contributed by atoms with Gasteiger partial charge in [-0.15, -0.1) is 24.2 Å². The maximum absolute atomic E-state index is 13.3. The minimum atomic E-state index is -2.46. The number of carbonyl (C=O) groups excluding carboxylic acids is 1. The molecule has 0 spiro atoms. The van der Waals surface area contributed by atoms with Gasteiger partial charge in [-0.05, 0) is 37.5 Å². The number of nitrogens with one attached hydrogen (secondary N) is 1. The molecule has 0 radical (unpaired) electrons. The third-order valence-electron chi connectivity index (χ3n) is 3.41. The summed E-state index contributed by atoms with van der Waals surface area (Å²) in [6, 6.07) is 3.76. The molecular formula is C14H18ClF3N2OS. The van der Waals surface area contributed by atoms with Gasteiger partial charge in [0.05, 0.1) is 11.4 Å². The fourth-order valence-corrected chi connectivity index (χ4v) is 3.10. The number of anilines is 1. The van der Waals surface area contributed by atoms with E-state index in [-0.39, 0.29) is 36.0 Å². The molecule has 1 aromatic carbocycles. The molecule has 3 N–H and O–H groups in total. The highest BCUT2D eigenvalue weighted by atomic mass is 35.5. The standard InChI is InChI=1S/C14H17F3N2OS.ClH/c15-9-2-4-12(21-7-13(16)17)11(6-9)19-14(20)8-1-3-10(18)5-8;/h2,4,6,8,10,13H,1,3,5,7,18H2,(H,19,20);1H. The van der Waals surface area contributed by atoms with Crippen molar-refractivity contribution in [2.75, 3.05) is 11.1 Å². The summed E-state index contributed by atoms with van der Waals surface area (Å²) in [6.45, 7) is 0. The van der Waals surface area contributed by atoms with Gasteiger partial charge in [0.15, 0.2) is 0 Å². The monoisotopic (exact) mass is 354 g/mol. The lowest BCUT2D eigenvalue weighted by atomic mass is 10.1. The molecule has 124 valence electrons. The number of amides is 1. The Morgan fingerprint density at radius 2 is 2.14 bits per heavy atom. The van der Waals surface area contributed by atoms with E-state index >= 15 is 0 Å². The van der Waals surface area contributed by atoms with Crippen molar-refractivity contribution in [3.63, 3.8) is 0 Å². The Bertz CT molecular complexity index is 519. The van der Waals surface area contributed by atoms with Crippen LogP contribution in [0.25, 0.3) is 0 Å². The number of hydrogen-bond acceptors (Lipinski definition) is 3. The van der Waals surface area contributed by atoms with Crippen molar-refractivity contribution in [3.05, 3.63) is 24.0 Å². The first-order valence-electron chi connectivity index (χ1n) is 6.72. The van der Waals surface area contributed by atoms with Gasteiger partial charge in [0.2, 0.25) is 12.3 Å². The molecule has 0 aromatic heterocycles. The fourth-order valence-electron chi connectivity index (χ4n) is 2.37. The smallest absolute Gasteiger partial charge is 0.247 e. The Balaban J connectivity index is 0.00000242. The lowest BCUT2D eigenvalue weighted by Crippen LogP contribution is -2.23. The number of halogens is 4. The maximum Gasteiger partial charge on any atom is 0.247 e. The zero-order chi connectivity index (χ0) is 15.4. The van der Waals surface area contributed by atoms with E-state index in [9.17, 15) is 18.0 Å². The van der Waals surface area contributed by atoms with Crippen molar-refractivity contribution in [2.24, 2.45) is 11.7 Å². The van der Waals surface area contributed by atoms with Crippen LogP contribution in [0.2, 0.25) is 0 Å². The van der Waals surface area contributed by atoms with Gasteiger partial charge in [-0.3, -0.25) is 4.79 Å². The fraction of sp³-hybridized carbons (Fsp3) is 0.500. The molecule has 1 aromatic rings. The molecule has 2 atom stereocenters. The average molecular weight is 355 g/mol. The summed E-state index contributed by atoms with van der Waals surface area (Å²) in [5.74, 6) is -1.35. The molecule has 0 saturated heterocycles. The average Bonchev–Trinajstić information content (AvgIpc) is 2.84. The second-order valence-electron chi connectivity index (χ2n) is 5.10. The molecule has 2 unspecified atom stereocenters. The van der Waals surface area contributed by atoms with Crippen LogP contribution < -0.4 is 11.1 Å². The minimum absolute atomic E-state index is 0. The lowest BCUT2D eigenvalue weighted by molar-refractivity contribution is -0.119. The van der Waals surface area contributed by atoms with Crippen LogP contribution in [-0.4, -0.2) is 24.1 Å². The molecule has 3 nitrogen and oxygen atoms in total. The first kappa shape index (κ1) is 19.1. The summed E-state index contributed by atoms with van der Waals surface area (Å²) in [7, 11) is 0. The molecular weight excluding hydrogens is 337 g/mol. The molecule has 1 fully saturated rings. The zero-order valence-electron chi connectivity index (χ0n) is 11.7. The van der Waals surface area contributed by atoms with Crippen LogP contribution in [0.15, 0.2) is 23.1 Å². The Labute approximate surface area is 137 Å². The van der Waals surface area contributed by atoms with Crippen LogP contribution in [-0.2, 0) is 4.79 Å². The van der Waals surface area contributed by atoms with Crippen molar-refractivity contribution in [2.45, 2.75) is 36.6 Å². The van der Waals surface area contributed by atoms with Gasteiger partial charge in [0.25, 0.3) is 0 Å². The van der Waals surface area contributed by atoms with Crippen molar-refractivity contribution < 1.29 is 18.0 Å². The SMILES string of the molecule is Cl.NC1CCC(C(=O)Nc2cc(F)ccc2SCC(F)F)C1. The van der Waals surface area contributed by atoms with Crippen molar-refractivity contribution >= 4 is 35.8 Å². The summed E-state index contributed by atoms with van der Waals surface area (Å²) in [5.41, 5.74) is 6.01. The zero-order valence-corrected chi connectivity index (χ0v) is 13.4. The molecule has 0 aliphatic heterocycles. The number of alkyl halides is 2. The first-order chi connectivity index (χ1) is 9.95. The molecule has 1 saturated carbocycles. The summed E-state index contributed by atoms with van der Waals surface area (Å²) >= 11 is 0.893. The summed E-state index contributed by atoms with van der Waals surface area (Å²) in [4.78, 5) is 12.6. The summed E-state index contributed by atoms with van der Waals surface area (Å²) in [6.07, 6.45) is -0.382. The predicted octanol–water partition coefficient (Wildman–Crippen LogP) is 3.67. The highest BCUT2D eigenvalue weighted by Crippen LogP contribution is 2.31. The van der Waals surface area contributed by atoms with Gasteiger partial charge in [-0.25, -0.2) is 13.2 Å². The molecule has 1 aliphatic carbocycles. The van der Waals surface area contributed by atoms with Crippen LogP contribution in [0.1, 0.15) is 19.3 Å². The normalized spacial score (nSPS) is 20.8. The van der Waals surface area contributed by atoms with Crippen molar-refractivity contribution in [1.29, 1.82) is 0 Å². The molecule has 22 heavy (non-hydrogen) atoms. The molecule has 8 heteroatoms. The maximum atomic E-state index is 13.3. The van der Waals surface area contributed by atoms with E-state index < -0.39 is 18.0 Å². The van der Waals surface area contributed by atoms with Crippen LogP contribution >= 0.6 is 24.2 Å². The lowest BCUT2D eigenvalue weighted by Gasteiger charge is -2.14. The molecule has 2 rings (SSSR count). The van der Waals surface area contributed by atoms with E-state index in [0.717, 1.165) is 24.2 Å². The Morgan fingerprint density at radius 3 is 2.73 bits per heavy atom. The van der Waals surface area contributed by atoms with E-state index in [0.29, 0.717) is 17.7 Å². The van der Waals surface area contributed by atoms with Crippen LogP contribution in [0.5, 0.6) is 0 Å². The number of carbonyl (C=O) groups is 1. The molecule has 0 bridgehead atoms. The molecule has 0 heterocycles. The summed E-state index contributed by atoms with van der Waals surface area (Å²) < 4.78 is 37.9. The highest BCUT2D eigenvalue weighted by molar-refractivity contribution is 7.99. The third kappa shape index (κ3) is 5.37. The minimum Gasteiger partial charge on any atom is -0.328 e. The van der Waals surface area contributed by atoms with Gasteiger partial charge in [0, 0.05) is 16.9 Å². The number of nitrogens with two attached hydrogens (primary N) is 1. The van der Waals surface area contributed by atoms with Gasteiger partial charge >= 0.3 is 0 Å². The Kier molecular flexibility index (Phi) is 7.52. The first-order valence-corrected chi connectivity index (χ1v) is 7.71. The van der Waals surface area contributed by atoms with Crippen LogP contribution in [0.3, 0.4) is 0 Å². The van der Waals surface area contributed by atoms with Gasteiger partial charge in [-0.1, -0.05) is 0 Å². The van der Waals surface area contributed by atoms with Gasteiger partial charge in [0.1, 0.15) is 5.82 Å².